The van der Waals surface area contributed by atoms with Crippen LogP contribution in [0, 0.1) is 19.8 Å². The van der Waals surface area contributed by atoms with E-state index in [1.165, 1.54) is 4.31 Å². The molecule has 0 aliphatic rings. The van der Waals surface area contributed by atoms with Crippen LogP contribution >= 0.6 is 0 Å². The number of anilines is 1. The van der Waals surface area contributed by atoms with Crippen molar-refractivity contribution in [1.29, 1.82) is 0 Å². The Kier molecular flexibility index (Phi) is 10.9. The van der Waals surface area contributed by atoms with Crippen LogP contribution in [0.25, 0.3) is 0 Å². The van der Waals surface area contributed by atoms with E-state index in [9.17, 15) is 8.42 Å². The minimum atomic E-state index is -3.55. The van der Waals surface area contributed by atoms with E-state index in [-0.39, 0.29) is 5.92 Å². The Morgan fingerprint density at radius 3 is 1.88 bits per heavy atom. The smallest absolute Gasteiger partial charge is 0.264 e. The first-order valence-corrected chi connectivity index (χ1v) is 10.9. The molecule has 0 amide bonds. The zero-order valence-electron chi connectivity index (χ0n) is 17.6. The molecule has 0 radical (unpaired) electrons. The summed E-state index contributed by atoms with van der Waals surface area (Å²) in [4.78, 5) is 0.329. The van der Waals surface area contributed by atoms with Gasteiger partial charge in [-0.25, -0.2) is 8.42 Å². The maximum Gasteiger partial charge on any atom is 0.264 e. The summed E-state index contributed by atoms with van der Waals surface area (Å²) in [6.45, 7) is 16.5. The van der Waals surface area contributed by atoms with Crippen LogP contribution in [0.4, 0.5) is 5.69 Å². The number of hydrogen-bond acceptors (Lipinski definition) is 2. The molecule has 146 valence electrons. The molecule has 3 nitrogen and oxygen atoms in total. The van der Waals surface area contributed by atoms with Crippen molar-refractivity contribution in [3.05, 3.63) is 59.7 Å². The maximum atomic E-state index is 13.0. The van der Waals surface area contributed by atoms with E-state index in [0.717, 1.165) is 16.8 Å². The topological polar surface area (TPSA) is 37.4 Å². The van der Waals surface area contributed by atoms with Gasteiger partial charge >= 0.3 is 0 Å². The molecule has 0 fully saturated rings. The molecule has 0 spiro atoms. The Balaban J connectivity index is 0.00000146. The number of nitrogens with zero attached hydrogens (tertiary/aromatic N) is 1. The van der Waals surface area contributed by atoms with E-state index in [0.29, 0.717) is 11.4 Å². The zero-order valence-corrected chi connectivity index (χ0v) is 18.4. The molecule has 0 heterocycles. The van der Waals surface area contributed by atoms with Crippen LogP contribution in [0.5, 0.6) is 0 Å². The summed E-state index contributed by atoms with van der Waals surface area (Å²) in [6, 6.07) is 14.5. The van der Waals surface area contributed by atoms with Crippen molar-refractivity contribution < 1.29 is 8.42 Å². The number of sulfonamides is 1. The highest BCUT2D eigenvalue weighted by Crippen LogP contribution is 2.28. The van der Waals surface area contributed by atoms with Crippen molar-refractivity contribution in [2.75, 3.05) is 10.8 Å². The van der Waals surface area contributed by atoms with Crippen LogP contribution in [0.2, 0.25) is 0 Å². The van der Waals surface area contributed by atoms with Gasteiger partial charge in [0, 0.05) is 6.54 Å². The van der Waals surface area contributed by atoms with E-state index in [1.807, 2.05) is 79.7 Å². The predicted octanol–water partition coefficient (Wildman–Crippen LogP) is 6.21. The van der Waals surface area contributed by atoms with Gasteiger partial charge in [-0.3, -0.25) is 4.31 Å². The minimum absolute atomic E-state index is 0.235. The molecule has 0 aliphatic carbocycles. The molecule has 4 heteroatoms. The molecule has 26 heavy (non-hydrogen) atoms. The molecule has 0 aromatic heterocycles. The van der Waals surface area contributed by atoms with Gasteiger partial charge in [-0.15, -0.1) is 0 Å². The Morgan fingerprint density at radius 2 is 1.42 bits per heavy atom. The lowest BCUT2D eigenvalue weighted by molar-refractivity contribution is 0.577. The highest BCUT2D eigenvalue weighted by Gasteiger charge is 2.26. The molecule has 0 aliphatic heterocycles. The van der Waals surface area contributed by atoms with E-state index in [2.05, 4.69) is 0 Å². The quantitative estimate of drug-likeness (QED) is 0.621. The molecule has 0 N–H and O–H groups in total. The fourth-order valence-corrected chi connectivity index (χ4v) is 4.18. The third-order valence-electron chi connectivity index (χ3n) is 3.48. The van der Waals surface area contributed by atoms with Gasteiger partial charge in [0.15, 0.2) is 0 Å². The molecular weight excluding hydrogens is 342 g/mol. The summed E-state index contributed by atoms with van der Waals surface area (Å²) in [7, 11) is -3.55. The standard InChI is InChI=1S/C18H23NO2S.2C2H6/c1-14(2)13-19(18-11-10-15(3)12-16(18)4)22(20,21)17-8-6-5-7-9-17;2*1-2/h5-12,14H,13H2,1-4H3;2*1-2H3. The highest BCUT2D eigenvalue weighted by atomic mass is 32.2. The van der Waals surface area contributed by atoms with Crippen LogP contribution < -0.4 is 4.31 Å². The Hall–Kier alpha value is -1.81. The van der Waals surface area contributed by atoms with E-state index in [4.69, 9.17) is 0 Å². The minimum Gasteiger partial charge on any atom is -0.266 e. The molecule has 0 atom stereocenters. The summed E-state index contributed by atoms with van der Waals surface area (Å²) in [5, 5.41) is 0. The first-order valence-electron chi connectivity index (χ1n) is 9.47. The van der Waals surface area contributed by atoms with E-state index in [1.54, 1.807) is 24.3 Å². The largest absolute Gasteiger partial charge is 0.266 e. The highest BCUT2D eigenvalue weighted by molar-refractivity contribution is 7.92. The molecule has 0 saturated heterocycles. The van der Waals surface area contributed by atoms with Crippen LogP contribution in [-0.2, 0) is 10.0 Å². The molecule has 0 saturated carbocycles. The van der Waals surface area contributed by atoms with Gasteiger partial charge in [-0.05, 0) is 43.5 Å². The normalized spacial score (nSPS) is 10.3. The average molecular weight is 378 g/mol. The second kappa shape index (κ2) is 11.7. The van der Waals surface area contributed by atoms with Crippen molar-refractivity contribution in [3.63, 3.8) is 0 Å². The number of hydrogen-bond donors (Lipinski definition) is 0. The van der Waals surface area contributed by atoms with Crippen molar-refractivity contribution in [3.8, 4) is 0 Å². The SMILES string of the molecule is CC.CC.Cc1ccc(N(CC(C)C)S(=O)(=O)c2ccccc2)c(C)c1. The second-order valence-corrected chi connectivity index (χ2v) is 7.90. The lowest BCUT2D eigenvalue weighted by atomic mass is 10.1. The summed E-state index contributed by atoms with van der Waals surface area (Å²) in [5.74, 6) is 0.235. The monoisotopic (exact) mass is 377 g/mol. The number of aryl methyl sites for hydroxylation is 2. The van der Waals surface area contributed by atoms with Gasteiger partial charge in [0.25, 0.3) is 10.0 Å². The van der Waals surface area contributed by atoms with Gasteiger partial charge in [0.2, 0.25) is 0 Å². The summed E-state index contributed by atoms with van der Waals surface area (Å²) in [6.07, 6.45) is 0. The first kappa shape index (κ1) is 24.2. The number of benzene rings is 2. The van der Waals surface area contributed by atoms with Gasteiger partial charge in [-0.2, -0.15) is 0 Å². The number of rotatable bonds is 5. The fourth-order valence-electron chi connectivity index (χ4n) is 2.46. The lowest BCUT2D eigenvalue weighted by Crippen LogP contribution is -2.34. The van der Waals surface area contributed by atoms with Crippen molar-refractivity contribution in [2.45, 2.75) is 60.3 Å². The average Bonchev–Trinajstić information content (AvgIpc) is 2.64. The van der Waals surface area contributed by atoms with Crippen molar-refractivity contribution >= 4 is 15.7 Å². The van der Waals surface area contributed by atoms with Gasteiger partial charge in [0.1, 0.15) is 0 Å². The third kappa shape index (κ3) is 6.49. The molecule has 2 aromatic rings. The molecule has 0 unspecified atom stereocenters. The van der Waals surface area contributed by atoms with Crippen LogP contribution in [0.1, 0.15) is 52.7 Å². The van der Waals surface area contributed by atoms with Crippen LogP contribution in [-0.4, -0.2) is 15.0 Å². The fraction of sp³-hybridized carbons (Fsp3) is 0.455. The van der Waals surface area contributed by atoms with E-state index < -0.39 is 10.0 Å². The summed E-state index contributed by atoms with van der Waals surface area (Å²) in [5.41, 5.74) is 2.85. The third-order valence-corrected chi connectivity index (χ3v) is 5.28. The first-order chi connectivity index (χ1) is 12.3. The Bertz CT molecular complexity index is 738. The van der Waals surface area contributed by atoms with Crippen LogP contribution in [0.3, 0.4) is 0 Å². The van der Waals surface area contributed by atoms with Gasteiger partial charge < -0.3 is 0 Å². The van der Waals surface area contributed by atoms with Crippen molar-refractivity contribution in [2.24, 2.45) is 5.92 Å². The Morgan fingerprint density at radius 1 is 0.885 bits per heavy atom. The summed E-state index contributed by atoms with van der Waals surface area (Å²) < 4.78 is 27.6. The van der Waals surface area contributed by atoms with Gasteiger partial charge in [0.05, 0.1) is 10.6 Å². The van der Waals surface area contributed by atoms with Crippen LogP contribution in [0.15, 0.2) is 53.4 Å². The molecule has 0 bridgehead atoms. The molecule has 2 rings (SSSR count). The predicted molar refractivity (Wildman–Crippen MR) is 114 cm³/mol. The van der Waals surface area contributed by atoms with E-state index >= 15 is 0 Å². The van der Waals surface area contributed by atoms with Gasteiger partial charge in [-0.1, -0.05) is 77.4 Å². The lowest BCUT2D eigenvalue weighted by Gasteiger charge is -2.28. The molecular formula is C22H35NO2S. The molecule has 2 aromatic carbocycles. The second-order valence-electron chi connectivity index (χ2n) is 6.03. The zero-order chi connectivity index (χ0) is 20.3. The Labute approximate surface area is 161 Å². The van der Waals surface area contributed by atoms with Crippen molar-refractivity contribution in [1.82, 2.24) is 0 Å². The summed E-state index contributed by atoms with van der Waals surface area (Å²) >= 11 is 0. The maximum absolute atomic E-state index is 13.0.